The Labute approximate surface area is 224 Å². The van der Waals surface area contributed by atoms with Gasteiger partial charge in [0.1, 0.15) is 19.3 Å². The molecule has 0 bridgehead atoms. The molecule has 0 spiro atoms. The molecular weight excluding hydrogens is 530 g/mol. The number of carbonyl (C=O) groups excluding carboxylic acids is 2. The van der Waals surface area contributed by atoms with Crippen LogP contribution >= 0.6 is 15.9 Å². The van der Waals surface area contributed by atoms with Gasteiger partial charge in [-0.25, -0.2) is 9.59 Å². The topological polar surface area (TPSA) is 64.6 Å². The number of rotatable bonds is 8. The van der Waals surface area contributed by atoms with Crippen LogP contribution < -0.4 is 5.32 Å². The molecule has 4 aromatic carbocycles. The third-order valence-electron chi connectivity index (χ3n) is 6.50. The number of hydrogen-bond acceptors (Lipinski definition) is 4. The summed E-state index contributed by atoms with van der Waals surface area (Å²) in [4.78, 5) is 25.9. The van der Waals surface area contributed by atoms with Crippen molar-refractivity contribution in [3.8, 4) is 11.1 Å². The SMILES string of the molecule is O=C(NC(Cc1ccc(Br)cc1)C(=O)OCc1ccccc1)OCC1c2ccccc2-c2ccccc21. The molecule has 6 heteroatoms. The number of fused-ring (bicyclic) bond motifs is 3. The zero-order valence-corrected chi connectivity index (χ0v) is 21.7. The zero-order chi connectivity index (χ0) is 25.6. The van der Waals surface area contributed by atoms with Crippen LogP contribution in [-0.2, 0) is 27.3 Å². The molecular formula is C31H26BrNO4. The third-order valence-corrected chi connectivity index (χ3v) is 7.03. The second-order valence-electron chi connectivity index (χ2n) is 8.95. The first-order valence-corrected chi connectivity index (χ1v) is 12.9. The summed E-state index contributed by atoms with van der Waals surface area (Å²) < 4.78 is 12.1. The van der Waals surface area contributed by atoms with Crippen LogP contribution in [0.4, 0.5) is 4.79 Å². The fourth-order valence-corrected chi connectivity index (χ4v) is 4.93. The molecule has 5 nitrogen and oxygen atoms in total. The van der Waals surface area contributed by atoms with Gasteiger partial charge in [0.05, 0.1) is 0 Å². The predicted octanol–water partition coefficient (Wildman–Crippen LogP) is 6.64. The van der Waals surface area contributed by atoms with E-state index in [1.54, 1.807) is 0 Å². The Bertz CT molecular complexity index is 1340. The van der Waals surface area contributed by atoms with Crippen molar-refractivity contribution in [1.29, 1.82) is 0 Å². The molecule has 4 aromatic rings. The molecule has 0 fully saturated rings. The highest BCUT2D eigenvalue weighted by Gasteiger charge is 2.30. The van der Waals surface area contributed by atoms with Crippen LogP contribution in [0.5, 0.6) is 0 Å². The summed E-state index contributed by atoms with van der Waals surface area (Å²) in [5.74, 6) is -0.576. The molecule has 1 atom stereocenters. The quantitative estimate of drug-likeness (QED) is 0.247. The van der Waals surface area contributed by atoms with Crippen molar-refractivity contribution in [2.45, 2.75) is 25.0 Å². The van der Waals surface area contributed by atoms with Crippen molar-refractivity contribution in [1.82, 2.24) is 5.32 Å². The molecule has 0 saturated heterocycles. The number of benzene rings is 4. The highest BCUT2D eigenvalue weighted by molar-refractivity contribution is 9.10. The Kier molecular flexibility index (Phi) is 7.66. The van der Waals surface area contributed by atoms with Crippen molar-refractivity contribution in [3.05, 3.63) is 130 Å². The Balaban J connectivity index is 1.27. The summed E-state index contributed by atoms with van der Waals surface area (Å²) in [6, 6.07) is 32.5. The molecule has 0 saturated carbocycles. The zero-order valence-electron chi connectivity index (χ0n) is 20.1. The number of amides is 1. The van der Waals surface area contributed by atoms with Gasteiger partial charge in [-0.05, 0) is 45.5 Å². The van der Waals surface area contributed by atoms with E-state index >= 15 is 0 Å². The molecule has 5 rings (SSSR count). The van der Waals surface area contributed by atoms with Gasteiger partial charge in [-0.3, -0.25) is 0 Å². The molecule has 0 heterocycles. The van der Waals surface area contributed by atoms with E-state index in [-0.39, 0.29) is 25.6 Å². The van der Waals surface area contributed by atoms with Crippen molar-refractivity contribution >= 4 is 28.0 Å². The number of alkyl carbamates (subject to hydrolysis) is 1. The Morgan fingerprint density at radius 1 is 0.730 bits per heavy atom. The van der Waals surface area contributed by atoms with Crippen molar-refractivity contribution in [2.75, 3.05) is 6.61 Å². The largest absolute Gasteiger partial charge is 0.459 e. The number of halogens is 1. The average molecular weight is 556 g/mol. The van der Waals surface area contributed by atoms with Gasteiger partial charge in [-0.15, -0.1) is 0 Å². The summed E-state index contributed by atoms with van der Waals surface area (Å²) in [5.41, 5.74) is 6.34. The number of nitrogens with one attached hydrogen (secondary N) is 1. The van der Waals surface area contributed by atoms with Gasteiger partial charge in [0.2, 0.25) is 0 Å². The number of hydrogen-bond donors (Lipinski definition) is 1. The minimum absolute atomic E-state index is 0.0619. The molecule has 1 N–H and O–H groups in total. The summed E-state index contributed by atoms with van der Waals surface area (Å²) in [6.45, 7) is 0.298. The van der Waals surface area contributed by atoms with Crippen LogP contribution in [0.25, 0.3) is 11.1 Å². The highest BCUT2D eigenvalue weighted by Crippen LogP contribution is 2.44. The second kappa shape index (κ2) is 11.4. The van der Waals surface area contributed by atoms with Gasteiger partial charge in [-0.2, -0.15) is 0 Å². The molecule has 0 radical (unpaired) electrons. The maximum atomic E-state index is 13.0. The standard InChI is InChI=1S/C31H26BrNO4/c32-23-16-14-21(15-17-23)18-29(30(34)36-19-22-8-2-1-3-9-22)33-31(35)37-20-28-26-12-6-4-10-24(26)25-11-5-7-13-27(25)28/h1-17,28-29H,18-20H2,(H,33,35). The summed E-state index contributed by atoms with van der Waals surface area (Å²) in [7, 11) is 0. The Morgan fingerprint density at radius 3 is 1.97 bits per heavy atom. The van der Waals surface area contributed by atoms with Gasteiger partial charge in [0, 0.05) is 16.8 Å². The first kappa shape index (κ1) is 24.8. The molecule has 1 aliphatic carbocycles. The van der Waals surface area contributed by atoms with Crippen LogP contribution in [0.1, 0.15) is 28.2 Å². The lowest BCUT2D eigenvalue weighted by Crippen LogP contribution is -2.43. The minimum atomic E-state index is -0.888. The Morgan fingerprint density at radius 2 is 1.32 bits per heavy atom. The first-order chi connectivity index (χ1) is 18.1. The van der Waals surface area contributed by atoms with Gasteiger partial charge in [0.15, 0.2) is 0 Å². The molecule has 1 aliphatic rings. The lowest BCUT2D eigenvalue weighted by Gasteiger charge is -2.19. The van der Waals surface area contributed by atoms with E-state index < -0.39 is 18.1 Å². The summed E-state index contributed by atoms with van der Waals surface area (Å²) in [6.07, 6.45) is -0.369. The molecule has 1 amide bonds. The van der Waals surface area contributed by atoms with Gasteiger partial charge >= 0.3 is 12.1 Å². The van der Waals surface area contributed by atoms with E-state index in [0.717, 1.165) is 37.9 Å². The summed E-state index contributed by atoms with van der Waals surface area (Å²) >= 11 is 3.43. The second-order valence-corrected chi connectivity index (χ2v) is 9.86. The maximum Gasteiger partial charge on any atom is 0.407 e. The van der Waals surface area contributed by atoms with E-state index in [9.17, 15) is 9.59 Å². The number of esters is 1. The number of ether oxygens (including phenoxy) is 2. The van der Waals surface area contributed by atoms with E-state index in [1.165, 1.54) is 0 Å². The molecule has 0 aliphatic heterocycles. The van der Waals surface area contributed by atoms with E-state index in [0.29, 0.717) is 0 Å². The van der Waals surface area contributed by atoms with Crippen LogP contribution in [-0.4, -0.2) is 24.7 Å². The highest BCUT2D eigenvalue weighted by atomic mass is 79.9. The Hall–Kier alpha value is -3.90. The van der Waals surface area contributed by atoms with Crippen LogP contribution in [0.15, 0.2) is 108 Å². The fraction of sp³-hybridized carbons (Fsp3) is 0.161. The maximum absolute atomic E-state index is 13.0. The summed E-state index contributed by atoms with van der Waals surface area (Å²) in [5, 5.41) is 2.74. The minimum Gasteiger partial charge on any atom is -0.459 e. The normalized spacial score (nSPS) is 12.8. The van der Waals surface area contributed by atoms with Crippen molar-refractivity contribution < 1.29 is 19.1 Å². The molecule has 37 heavy (non-hydrogen) atoms. The van der Waals surface area contributed by atoms with Crippen molar-refractivity contribution in [2.24, 2.45) is 0 Å². The first-order valence-electron chi connectivity index (χ1n) is 12.1. The lowest BCUT2D eigenvalue weighted by atomic mass is 9.98. The third kappa shape index (κ3) is 5.92. The van der Waals surface area contributed by atoms with E-state index in [2.05, 4.69) is 45.5 Å². The monoisotopic (exact) mass is 555 g/mol. The lowest BCUT2D eigenvalue weighted by molar-refractivity contribution is -0.147. The molecule has 0 aromatic heterocycles. The van der Waals surface area contributed by atoms with Crippen LogP contribution in [0, 0.1) is 0 Å². The van der Waals surface area contributed by atoms with Gasteiger partial charge in [-0.1, -0.05) is 107 Å². The van der Waals surface area contributed by atoms with Gasteiger partial charge in [0.25, 0.3) is 0 Å². The van der Waals surface area contributed by atoms with Gasteiger partial charge < -0.3 is 14.8 Å². The smallest absolute Gasteiger partial charge is 0.407 e. The van der Waals surface area contributed by atoms with Crippen LogP contribution in [0.2, 0.25) is 0 Å². The molecule has 186 valence electrons. The average Bonchev–Trinajstić information content (AvgIpc) is 3.25. The molecule has 1 unspecified atom stereocenters. The van der Waals surface area contributed by atoms with E-state index in [1.807, 2.05) is 78.9 Å². The predicted molar refractivity (Wildman–Crippen MR) is 146 cm³/mol. The fourth-order valence-electron chi connectivity index (χ4n) is 4.66. The number of carbonyl (C=O) groups is 2. The van der Waals surface area contributed by atoms with Crippen molar-refractivity contribution in [3.63, 3.8) is 0 Å². The van der Waals surface area contributed by atoms with E-state index in [4.69, 9.17) is 9.47 Å². The van der Waals surface area contributed by atoms with Crippen LogP contribution in [0.3, 0.4) is 0 Å².